The smallest absolute Gasteiger partial charge is 0.342 e. The molecular weight excluding hydrogens is 242 g/mol. The zero-order valence-electron chi connectivity index (χ0n) is 9.95. The van der Waals surface area contributed by atoms with Gasteiger partial charge < -0.3 is 14.6 Å². The molecule has 7 nitrogen and oxygen atoms in total. The van der Waals surface area contributed by atoms with Gasteiger partial charge in [-0.2, -0.15) is 0 Å². The minimum absolute atomic E-state index is 0.0792. The summed E-state index contributed by atoms with van der Waals surface area (Å²) >= 11 is 0. The molecule has 0 saturated carbocycles. The van der Waals surface area contributed by atoms with Crippen molar-refractivity contribution in [2.24, 2.45) is 0 Å². The fraction of sp³-hybridized carbons (Fsp3) is 0.364. The lowest BCUT2D eigenvalue weighted by molar-refractivity contribution is -0.386. The topological polar surface area (TPSA) is 98.9 Å². The van der Waals surface area contributed by atoms with Gasteiger partial charge in [0.15, 0.2) is 5.75 Å². The van der Waals surface area contributed by atoms with Crippen LogP contribution in [0.3, 0.4) is 0 Å². The first-order valence-electron chi connectivity index (χ1n) is 5.13. The molecule has 98 valence electrons. The van der Waals surface area contributed by atoms with Gasteiger partial charge in [-0.1, -0.05) is 6.07 Å². The van der Waals surface area contributed by atoms with Crippen LogP contribution in [0.5, 0.6) is 5.75 Å². The number of carboxylic acid groups (broad SMARTS) is 1. The zero-order chi connectivity index (χ0) is 13.7. The van der Waals surface area contributed by atoms with Crippen molar-refractivity contribution in [3.05, 3.63) is 33.9 Å². The average Bonchev–Trinajstić information content (AvgIpc) is 2.28. The van der Waals surface area contributed by atoms with E-state index in [-0.39, 0.29) is 12.4 Å². The molecule has 18 heavy (non-hydrogen) atoms. The maximum absolute atomic E-state index is 10.9. The predicted molar refractivity (Wildman–Crippen MR) is 62.0 cm³/mol. The molecule has 0 aliphatic rings. The number of carboxylic acids is 1. The normalized spacial score (nSPS) is 11.9. The van der Waals surface area contributed by atoms with E-state index in [9.17, 15) is 14.9 Å². The lowest BCUT2D eigenvalue weighted by Gasteiger charge is -2.14. The molecule has 1 atom stereocenters. The molecule has 0 radical (unpaired) electrons. The van der Waals surface area contributed by atoms with E-state index in [1.54, 1.807) is 6.92 Å². The summed E-state index contributed by atoms with van der Waals surface area (Å²) in [5.74, 6) is -1.45. The lowest BCUT2D eigenvalue weighted by Crippen LogP contribution is -2.19. The summed E-state index contributed by atoms with van der Waals surface area (Å²) in [5, 5.41) is 19.8. The second kappa shape index (κ2) is 5.97. The van der Waals surface area contributed by atoms with Crippen LogP contribution in [-0.4, -0.2) is 35.8 Å². The van der Waals surface area contributed by atoms with Crippen molar-refractivity contribution in [1.29, 1.82) is 0 Å². The minimum atomic E-state index is -1.37. The summed E-state index contributed by atoms with van der Waals surface area (Å²) in [6, 6.07) is 3.91. The van der Waals surface area contributed by atoms with E-state index < -0.39 is 28.2 Å². The summed E-state index contributed by atoms with van der Waals surface area (Å²) in [4.78, 5) is 21.1. The van der Waals surface area contributed by atoms with Crippen LogP contribution in [0.1, 0.15) is 17.3 Å². The van der Waals surface area contributed by atoms with E-state index in [1.165, 1.54) is 19.2 Å². The average molecular weight is 255 g/mol. The second-order valence-electron chi connectivity index (χ2n) is 3.60. The minimum Gasteiger partial charge on any atom is -0.481 e. The van der Waals surface area contributed by atoms with Crippen molar-refractivity contribution in [1.82, 2.24) is 0 Å². The van der Waals surface area contributed by atoms with Gasteiger partial charge in [0.25, 0.3) is 0 Å². The number of benzene rings is 1. The Kier molecular flexibility index (Phi) is 4.61. The molecule has 0 spiro atoms. The molecule has 0 aliphatic heterocycles. The molecule has 1 N–H and O–H groups in total. The van der Waals surface area contributed by atoms with Crippen LogP contribution >= 0.6 is 0 Å². The first kappa shape index (κ1) is 13.9. The number of hydrogen-bond acceptors (Lipinski definition) is 5. The zero-order valence-corrected chi connectivity index (χ0v) is 9.95. The molecule has 1 aromatic rings. The van der Waals surface area contributed by atoms with Crippen LogP contribution in [0.4, 0.5) is 5.69 Å². The quantitative estimate of drug-likeness (QED) is 0.613. The van der Waals surface area contributed by atoms with Crippen molar-refractivity contribution in [2.75, 3.05) is 13.7 Å². The molecule has 0 aliphatic carbocycles. The predicted octanol–water partition coefficient (Wildman–Crippen LogP) is 1.71. The van der Waals surface area contributed by atoms with Crippen LogP contribution in [-0.2, 0) is 4.74 Å². The number of aromatic carboxylic acids is 1. The summed E-state index contributed by atoms with van der Waals surface area (Å²) in [6.07, 6.45) is -0.419. The third-order valence-corrected chi connectivity index (χ3v) is 2.14. The second-order valence-corrected chi connectivity index (χ2v) is 3.60. The molecule has 0 heterocycles. The number of rotatable bonds is 6. The summed E-state index contributed by atoms with van der Waals surface area (Å²) in [5.41, 5.74) is -0.949. The summed E-state index contributed by atoms with van der Waals surface area (Å²) < 4.78 is 10.2. The molecule has 1 aromatic carbocycles. The van der Waals surface area contributed by atoms with Gasteiger partial charge in [-0.3, -0.25) is 10.1 Å². The highest BCUT2D eigenvalue weighted by molar-refractivity contribution is 5.93. The Bertz CT molecular complexity index is 459. The Morgan fingerprint density at radius 1 is 1.56 bits per heavy atom. The molecule has 0 amide bonds. The van der Waals surface area contributed by atoms with Crippen LogP contribution in [0, 0.1) is 10.1 Å². The van der Waals surface area contributed by atoms with Crippen LogP contribution in [0.15, 0.2) is 18.2 Å². The van der Waals surface area contributed by atoms with Crippen molar-refractivity contribution in [3.63, 3.8) is 0 Å². The Balaban J connectivity index is 3.15. The first-order valence-corrected chi connectivity index (χ1v) is 5.13. The van der Waals surface area contributed by atoms with Gasteiger partial charge in [0.2, 0.25) is 0 Å². The monoisotopic (exact) mass is 255 g/mol. The van der Waals surface area contributed by atoms with Gasteiger partial charge in [0, 0.05) is 7.11 Å². The van der Waals surface area contributed by atoms with Gasteiger partial charge in [0.1, 0.15) is 11.7 Å². The van der Waals surface area contributed by atoms with Gasteiger partial charge in [-0.15, -0.1) is 0 Å². The van der Waals surface area contributed by atoms with E-state index in [0.717, 1.165) is 6.07 Å². The first-order chi connectivity index (χ1) is 8.47. The van der Waals surface area contributed by atoms with Crippen LogP contribution in [0.2, 0.25) is 0 Å². The molecule has 7 heteroatoms. The van der Waals surface area contributed by atoms with Crippen molar-refractivity contribution in [3.8, 4) is 5.75 Å². The number of methoxy groups -OCH3 is 1. The molecule has 1 unspecified atom stereocenters. The van der Waals surface area contributed by atoms with E-state index >= 15 is 0 Å². The number of nitrogens with zero attached hydrogens (tertiary/aromatic N) is 1. The van der Waals surface area contributed by atoms with E-state index in [2.05, 4.69) is 0 Å². The van der Waals surface area contributed by atoms with Crippen molar-refractivity contribution in [2.45, 2.75) is 13.0 Å². The van der Waals surface area contributed by atoms with Crippen LogP contribution < -0.4 is 4.74 Å². The Hall–Kier alpha value is -2.15. The molecule has 0 aromatic heterocycles. The molecular formula is C11H13NO6. The lowest BCUT2D eigenvalue weighted by atomic mass is 10.1. The fourth-order valence-electron chi connectivity index (χ4n) is 1.46. The molecule has 1 rings (SSSR count). The van der Waals surface area contributed by atoms with E-state index in [1.807, 2.05) is 0 Å². The maximum atomic E-state index is 10.9. The number of para-hydroxylation sites is 1. The molecule has 0 bridgehead atoms. The Morgan fingerprint density at radius 2 is 2.22 bits per heavy atom. The van der Waals surface area contributed by atoms with E-state index in [0.29, 0.717) is 0 Å². The van der Waals surface area contributed by atoms with Crippen molar-refractivity contribution >= 4 is 11.7 Å². The van der Waals surface area contributed by atoms with Crippen molar-refractivity contribution < 1.29 is 24.3 Å². The molecule has 0 saturated heterocycles. The third kappa shape index (κ3) is 3.17. The third-order valence-electron chi connectivity index (χ3n) is 2.14. The number of nitro benzene ring substituents is 1. The Morgan fingerprint density at radius 3 is 2.72 bits per heavy atom. The van der Waals surface area contributed by atoms with Gasteiger partial charge in [0.05, 0.1) is 11.5 Å². The largest absolute Gasteiger partial charge is 0.481 e. The molecule has 0 fully saturated rings. The van der Waals surface area contributed by atoms with E-state index in [4.69, 9.17) is 14.6 Å². The highest BCUT2D eigenvalue weighted by Crippen LogP contribution is 2.31. The van der Waals surface area contributed by atoms with Gasteiger partial charge >= 0.3 is 11.7 Å². The van der Waals surface area contributed by atoms with Crippen LogP contribution in [0.25, 0.3) is 0 Å². The van der Waals surface area contributed by atoms with Gasteiger partial charge in [-0.05, 0) is 19.1 Å². The highest BCUT2D eigenvalue weighted by Gasteiger charge is 2.26. The fourth-order valence-corrected chi connectivity index (χ4v) is 1.46. The van der Waals surface area contributed by atoms with Gasteiger partial charge in [-0.25, -0.2) is 4.79 Å². The number of hydrogen-bond donors (Lipinski definition) is 1. The maximum Gasteiger partial charge on any atom is 0.342 e. The Labute approximate surface area is 103 Å². The number of nitro groups is 1. The number of carbonyl (C=O) groups is 1. The SMILES string of the molecule is COCC(C)Oc1cccc(C(=O)O)c1[N+](=O)[O-]. The highest BCUT2D eigenvalue weighted by atomic mass is 16.6. The number of ether oxygens (including phenoxy) is 2. The summed E-state index contributed by atoms with van der Waals surface area (Å²) in [7, 11) is 1.47. The summed E-state index contributed by atoms with van der Waals surface area (Å²) in [6.45, 7) is 1.91. The standard InChI is InChI=1S/C11H13NO6/c1-7(6-17-2)18-9-5-3-4-8(11(13)14)10(9)12(15)16/h3-5,7H,6H2,1-2H3,(H,13,14).